The second-order valence-electron chi connectivity index (χ2n) is 4.84. The number of para-hydroxylation sites is 2. The van der Waals surface area contributed by atoms with Crippen LogP contribution >= 0.6 is 0 Å². The minimum Gasteiger partial charge on any atom is -0.337 e. The van der Waals surface area contributed by atoms with Gasteiger partial charge in [-0.05, 0) is 37.3 Å². The maximum absolute atomic E-state index is 9.34. The van der Waals surface area contributed by atoms with Crippen molar-refractivity contribution in [2.24, 2.45) is 5.92 Å². The molecule has 94 valence electrons. The van der Waals surface area contributed by atoms with Crippen molar-refractivity contribution < 1.29 is 0 Å². The number of allylic oxidation sites excluding steroid dienone is 4. The highest BCUT2D eigenvalue weighted by Gasteiger charge is 2.12. The van der Waals surface area contributed by atoms with Gasteiger partial charge in [0.2, 0.25) is 0 Å². The molecule has 1 N–H and O–H groups in total. The monoisotopic (exact) mass is 249 g/mol. The minimum absolute atomic E-state index is 0.452. The summed E-state index contributed by atoms with van der Waals surface area (Å²) < 4.78 is 0. The lowest BCUT2D eigenvalue weighted by atomic mass is 9.92. The molecule has 0 fully saturated rings. The van der Waals surface area contributed by atoms with E-state index in [0.29, 0.717) is 17.3 Å². The van der Waals surface area contributed by atoms with Crippen molar-refractivity contribution in [2.75, 3.05) is 0 Å². The molecule has 1 aromatic heterocycles. The van der Waals surface area contributed by atoms with Gasteiger partial charge in [-0.25, -0.2) is 4.98 Å². The highest BCUT2D eigenvalue weighted by atomic mass is 14.9. The van der Waals surface area contributed by atoms with E-state index in [1.165, 1.54) is 0 Å². The number of imidazole rings is 1. The van der Waals surface area contributed by atoms with Crippen molar-refractivity contribution in [2.45, 2.75) is 19.3 Å². The third kappa shape index (κ3) is 2.43. The van der Waals surface area contributed by atoms with E-state index in [0.717, 1.165) is 30.3 Å². The van der Waals surface area contributed by atoms with Crippen LogP contribution in [0.25, 0.3) is 16.6 Å². The fourth-order valence-electron chi connectivity index (χ4n) is 2.45. The fourth-order valence-corrected chi connectivity index (χ4v) is 2.45. The second kappa shape index (κ2) is 5.11. The molecule has 3 rings (SSSR count). The predicted molar refractivity (Wildman–Crippen MR) is 76.2 cm³/mol. The maximum Gasteiger partial charge on any atom is 0.148 e. The standard InChI is InChI=1S/C16H15N3/c17-11-13(10-12-6-2-1-3-7-12)16-18-14-8-4-5-9-15(14)19-16/h1-2,4-5,8-10,12H,3,6-7H2,(H,18,19)/b13-10+. The normalized spacial score (nSPS) is 19.5. The van der Waals surface area contributed by atoms with Gasteiger partial charge < -0.3 is 4.98 Å². The third-order valence-corrected chi connectivity index (χ3v) is 3.48. The summed E-state index contributed by atoms with van der Waals surface area (Å²) in [5.41, 5.74) is 2.53. The number of aromatic amines is 1. The lowest BCUT2D eigenvalue weighted by Gasteiger charge is -2.13. The summed E-state index contributed by atoms with van der Waals surface area (Å²) in [7, 11) is 0. The number of nitrogens with zero attached hydrogens (tertiary/aromatic N) is 2. The smallest absolute Gasteiger partial charge is 0.148 e. The Balaban J connectivity index is 1.95. The Morgan fingerprint density at radius 2 is 2.26 bits per heavy atom. The van der Waals surface area contributed by atoms with Crippen LogP contribution in [0.1, 0.15) is 25.1 Å². The summed E-state index contributed by atoms with van der Waals surface area (Å²) in [6.45, 7) is 0. The highest BCUT2D eigenvalue weighted by molar-refractivity contribution is 5.82. The molecule has 1 atom stereocenters. The van der Waals surface area contributed by atoms with E-state index in [4.69, 9.17) is 0 Å². The number of H-pyrrole nitrogens is 1. The summed E-state index contributed by atoms with van der Waals surface area (Å²) in [6, 6.07) is 10.1. The van der Waals surface area contributed by atoms with Gasteiger partial charge in [0.05, 0.1) is 16.6 Å². The molecule has 0 amide bonds. The molecule has 1 aliphatic carbocycles. The van der Waals surface area contributed by atoms with Crippen LogP contribution in [0.5, 0.6) is 0 Å². The van der Waals surface area contributed by atoms with E-state index < -0.39 is 0 Å². The first kappa shape index (κ1) is 11.7. The summed E-state index contributed by atoms with van der Waals surface area (Å²) >= 11 is 0. The Kier molecular flexibility index (Phi) is 3.16. The number of benzene rings is 1. The first-order valence-corrected chi connectivity index (χ1v) is 6.59. The SMILES string of the molecule is N#C/C(=C\C1CC=CCC1)c1nc2ccccc2[nH]1. The van der Waals surface area contributed by atoms with Crippen LogP contribution in [-0.4, -0.2) is 9.97 Å². The van der Waals surface area contributed by atoms with E-state index in [2.05, 4.69) is 34.3 Å². The largest absolute Gasteiger partial charge is 0.337 e. The number of nitrogens with one attached hydrogen (secondary N) is 1. The molecule has 0 radical (unpaired) electrons. The number of aromatic nitrogens is 2. The zero-order valence-electron chi connectivity index (χ0n) is 10.6. The van der Waals surface area contributed by atoms with Gasteiger partial charge in [0.1, 0.15) is 11.9 Å². The topological polar surface area (TPSA) is 52.5 Å². The Morgan fingerprint density at radius 3 is 3.00 bits per heavy atom. The molecule has 1 aromatic carbocycles. The summed E-state index contributed by atoms with van der Waals surface area (Å²) in [5.74, 6) is 1.13. The quantitative estimate of drug-likeness (QED) is 0.649. The predicted octanol–water partition coefficient (Wildman–Crippen LogP) is 3.83. The number of nitriles is 1. The molecule has 0 saturated carbocycles. The average molecular weight is 249 g/mol. The fraction of sp³-hybridized carbons (Fsp3) is 0.250. The molecule has 0 spiro atoms. The van der Waals surface area contributed by atoms with Crippen LogP contribution in [0.3, 0.4) is 0 Å². The first-order chi connectivity index (χ1) is 9.36. The Morgan fingerprint density at radius 1 is 1.37 bits per heavy atom. The third-order valence-electron chi connectivity index (χ3n) is 3.48. The molecular weight excluding hydrogens is 234 g/mol. The maximum atomic E-state index is 9.34. The highest BCUT2D eigenvalue weighted by Crippen LogP contribution is 2.24. The van der Waals surface area contributed by atoms with Crippen molar-refractivity contribution in [1.82, 2.24) is 9.97 Å². The summed E-state index contributed by atoms with van der Waals surface area (Å²) in [5, 5.41) is 9.34. The lowest BCUT2D eigenvalue weighted by Crippen LogP contribution is -2.00. The van der Waals surface area contributed by atoms with Gasteiger partial charge in [0.15, 0.2) is 0 Å². The molecular formula is C16H15N3. The van der Waals surface area contributed by atoms with E-state index in [-0.39, 0.29) is 0 Å². The van der Waals surface area contributed by atoms with E-state index in [1.807, 2.05) is 24.3 Å². The molecule has 2 aromatic rings. The number of hydrogen-bond donors (Lipinski definition) is 1. The Bertz CT molecular complexity index is 652. The van der Waals surface area contributed by atoms with Crippen LogP contribution in [0, 0.1) is 17.2 Å². The van der Waals surface area contributed by atoms with Crippen molar-refractivity contribution in [3.63, 3.8) is 0 Å². The van der Waals surface area contributed by atoms with Gasteiger partial charge in [-0.3, -0.25) is 0 Å². The van der Waals surface area contributed by atoms with Crippen LogP contribution < -0.4 is 0 Å². The molecule has 1 unspecified atom stereocenters. The van der Waals surface area contributed by atoms with Crippen LogP contribution in [0.4, 0.5) is 0 Å². The van der Waals surface area contributed by atoms with Crippen LogP contribution in [0.2, 0.25) is 0 Å². The van der Waals surface area contributed by atoms with Gasteiger partial charge in [0.25, 0.3) is 0 Å². The molecule has 1 aliphatic rings. The van der Waals surface area contributed by atoms with Crippen LogP contribution in [-0.2, 0) is 0 Å². The molecule has 19 heavy (non-hydrogen) atoms. The molecule has 1 heterocycles. The lowest BCUT2D eigenvalue weighted by molar-refractivity contribution is 0.585. The molecule has 0 aliphatic heterocycles. The number of rotatable bonds is 2. The van der Waals surface area contributed by atoms with Crippen molar-refractivity contribution >= 4 is 16.6 Å². The summed E-state index contributed by atoms with van der Waals surface area (Å²) in [6.07, 6.45) is 9.68. The van der Waals surface area contributed by atoms with Gasteiger partial charge in [-0.1, -0.05) is 30.4 Å². The zero-order valence-corrected chi connectivity index (χ0v) is 10.6. The van der Waals surface area contributed by atoms with E-state index in [9.17, 15) is 5.26 Å². The van der Waals surface area contributed by atoms with Crippen molar-refractivity contribution in [3.8, 4) is 6.07 Å². The Labute approximate surface area is 112 Å². The molecule has 3 heteroatoms. The van der Waals surface area contributed by atoms with Crippen LogP contribution in [0.15, 0.2) is 42.5 Å². The molecule has 0 saturated heterocycles. The second-order valence-corrected chi connectivity index (χ2v) is 4.84. The van der Waals surface area contributed by atoms with Crippen molar-refractivity contribution in [1.29, 1.82) is 5.26 Å². The van der Waals surface area contributed by atoms with Gasteiger partial charge in [-0.15, -0.1) is 0 Å². The van der Waals surface area contributed by atoms with Gasteiger partial charge >= 0.3 is 0 Å². The number of fused-ring (bicyclic) bond motifs is 1. The van der Waals surface area contributed by atoms with Gasteiger partial charge in [0, 0.05) is 0 Å². The number of hydrogen-bond acceptors (Lipinski definition) is 2. The van der Waals surface area contributed by atoms with E-state index in [1.54, 1.807) is 0 Å². The average Bonchev–Trinajstić information content (AvgIpc) is 2.89. The molecule has 0 bridgehead atoms. The Hall–Kier alpha value is -2.34. The van der Waals surface area contributed by atoms with E-state index >= 15 is 0 Å². The zero-order chi connectivity index (χ0) is 13.1. The first-order valence-electron chi connectivity index (χ1n) is 6.59. The summed E-state index contributed by atoms with van der Waals surface area (Å²) in [4.78, 5) is 7.70. The minimum atomic E-state index is 0.452. The van der Waals surface area contributed by atoms with Crippen molar-refractivity contribution in [3.05, 3.63) is 48.3 Å². The molecule has 3 nitrogen and oxygen atoms in total. The van der Waals surface area contributed by atoms with Gasteiger partial charge in [-0.2, -0.15) is 5.26 Å².